The highest BCUT2D eigenvalue weighted by Crippen LogP contribution is 2.38. The van der Waals surface area contributed by atoms with Crippen LogP contribution in [0.3, 0.4) is 0 Å². The first-order valence-electron chi connectivity index (χ1n) is 6.03. The number of hydrogen-bond acceptors (Lipinski definition) is 2. The highest BCUT2D eigenvalue weighted by Gasteiger charge is 2.39. The molecule has 2 N–H and O–H groups in total. The molecule has 2 aliphatic heterocycles. The first-order chi connectivity index (χ1) is 7.74. The van der Waals surface area contributed by atoms with Gasteiger partial charge in [-0.25, -0.2) is 0 Å². The molecule has 86 valence electrons. The molecule has 2 heterocycles. The zero-order chi connectivity index (χ0) is 11.1. The summed E-state index contributed by atoms with van der Waals surface area (Å²) in [5.41, 5.74) is 7.48. The fraction of sp³-hybridized carbons (Fsp3) is 0.538. The molecule has 0 saturated carbocycles. The van der Waals surface area contributed by atoms with Crippen molar-refractivity contribution < 1.29 is 0 Å². The number of hydrogen-bond donors (Lipinski definition) is 1. The minimum Gasteiger partial charge on any atom is -0.365 e. The molecule has 2 saturated heterocycles. The average molecular weight is 328 g/mol. The van der Waals surface area contributed by atoms with Crippen LogP contribution in [0, 0.1) is 3.57 Å². The summed E-state index contributed by atoms with van der Waals surface area (Å²) in [6.45, 7) is 0. The van der Waals surface area contributed by atoms with Gasteiger partial charge in [-0.05, 0) is 72.5 Å². The molecule has 2 fully saturated rings. The maximum absolute atomic E-state index is 6.09. The van der Waals surface area contributed by atoms with Gasteiger partial charge in [-0.2, -0.15) is 0 Å². The van der Waals surface area contributed by atoms with Crippen molar-refractivity contribution in [3.63, 3.8) is 0 Å². The molecule has 2 atom stereocenters. The van der Waals surface area contributed by atoms with E-state index in [9.17, 15) is 0 Å². The van der Waals surface area contributed by atoms with Crippen molar-refractivity contribution in [2.75, 3.05) is 4.90 Å². The van der Waals surface area contributed by atoms with Gasteiger partial charge in [0, 0.05) is 27.4 Å². The van der Waals surface area contributed by atoms with E-state index in [0.29, 0.717) is 18.1 Å². The van der Waals surface area contributed by atoms with E-state index >= 15 is 0 Å². The normalized spacial score (nSPS) is 33.1. The standard InChI is InChI=1S/C13H17IN2/c14-9-1-3-11(4-2-9)16-12-5-6-13(16)8-10(15)7-12/h1-4,10,12-13H,5-8,15H2. The van der Waals surface area contributed by atoms with Crippen LogP contribution >= 0.6 is 22.6 Å². The van der Waals surface area contributed by atoms with E-state index in [-0.39, 0.29) is 0 Å². The monoisotopic (exact) mass is 328 g/mol. The van der Waals surface area contributed by atoms with Gasteiger partial charge in [0.05, 0.1) is 0 Å². The Kier molecular flexibility index (Phi) is 2.83. The molecule has 2 aliphatic rings. The van der Waals surface area contributed by atoms with E-state index < -0.39 is 0 Å². The SMILES string of the molecule is NC1CC2CCC(C1)N2c1ccc(I)cc1. The summed E-state index contributed by atoms with van der Waals surface area (Å²) in [4.78, 5) is 2.61. The van der Waals surface area contributed by atoms with Crippen LogP contribution in [0.15, 0.2) is 24.3 Å². The first kappa shape index (κ1) is 10.8. The molecule has 0 aliphatic carbocycles. The summed E-state index contributed by atoms with van der Waals surface area (Å²) in [6, 6.07) is 10.7. The first-order valence-corrected chi connectivity index (χ1v) is 7.11. The summed E-state index contributed by atoms with van der Waals surface area (Å²) in [5, 5.41) is 0. The van der Waals surface area contributed by atoms with Gasteiger partial charge >= 0.3 is 0 Å². The van der Waals surface area contributed by atoms with Crippen LogP contribution in [0.1, 0.15) is 25.7 Å². The Labute approximate surface area is 110 Å². The Balaban J connectivity index is 1.88. The van der Waals surface area contributed by atoms with Crippen molar-refractivity contribution >= 4 is 28.3 Å². The average Bonchev–Trinajstić information content (AvgIpc) is 2.54. The number of nitrogens with two attached hydrogens (primary N) is 1. The van der Waals surface area contributed by atoms with Gasteiger partial charge in [-0.15, -0.1) is 0 Å². The summed E-state index contributed by atoms with van der Waals surface area (Å²) >= 11 is 2.36. The Hall–Kier alpha value is -0.290. The fourth-order valence-electron chi connectivity index (χ4n) is 3.25. The number of halogens is 1. The topological polar surface area (TPSA) is 29.3 Å². The van der Waals surface area contributed by atoms with Crippen molar-refractivity contribution in [1.29, 1.82) is 0 Å². The molecule has 3 rings (SSSR count). The van der Waals surface area contributed by atoms with E-state index in [2.05, 4.69) is 51.8 Å². The Bertz CT molecular complexity index is 362. The van der Waals surface area contributed by atoms with E-state index in [1.807, 2.05) is 0 Å². The lowest BCUT2D eigenvalue weighted by Crippen LogP contribution is -2.47. The van der Waals surface area contributed by atoms with Crippen LogP contribution in [0.5, 0.6) is 0 Å². The maximum Gasteiger partial charge on any atom is 0.0371 e. The Morgan fingerprint density at radius 2 is 1.62 bits per heavy atom. The maximum atomic E-state index is 6.09. The molecule has 0 aromatic heterocycles. The van der Waals surface area contributed by atoms with E-state index in [1.54, 1.807) is 0 Å². The van der Waals surface area contributed by atoms with Gasteiger partial charge in [0.15, 0.2) is 0 Å². The van der Waals surface area contributed by atoms with E-state index in [1.165, 1.54) is 34.9 Å². The predicted molar refractivity (Wildman–Crippen MR) is 75.7 cm³/mol. The highest BCUT2D eigenvalue weighted by atomic mass is 127. The second-order valence-corrected chi connectivity index (χ2v) is 6.25. The third-order valence-electron chi connectivity index (χ3n) is 3.89. The molecule has 0 spiro atoms. The van der Waals surface area contributed by atoms with Crippen molar-refractivity contribution in [2.45, 2.75) is 43.8 Å². The van der Waals surface area contributed by atoms with E-state index in [0.717, 1.165) is 0 Å². The van der Waals surface area contributed by atoms with Gasteiger partial charge in [0.1, 0.15) is 0 Å². The van der Waals surface area contributed by atoms with Crippen molar-refractivity contribution in [3.05, 3.63) is 27.8 Å². The van der Waals surface area contributed by atoms with Gasteiger partial charge in [-0.3, -0.25) is 0 Å². The minimum absolute atomic E-state index is 0.428. The summed E-state index contributed by atoms with van der Waals surface area (Å²) in [5.74, 6) is 0. The number of piperidine rings is 1. The Morgan fingerprint density at radius 3 is 2.19 bits per heavy atom. The molecule has 2 unspecified atom stereocenters. The molecule has 16 heavy (non-hydrogen) atoms. The van der Waals surface area contributed by atoms with Crippen molar-refractivity contribution in [3.8, 4) is 0 Å². The molecular formula is C13H17IN2. The summed E-state index contributed by atoms with van der Waals surface area (Å²) in [7, 11) is 0. The molecule has 2 bridgehead atoms. The van der Waals surface area contributed by atoms with Crippen LogP contribution in [-0.4, -0.2) is 18.1 Å². The molecule has 1 aromatic carbocycles. The molecule has 1 aromatic rings. The lowest BCUT2D eigenvalue weighted by Gasteiger charge is -2.39. The van der Waals surface area contributed by atoms with Crippen molar-refractivity contribution in [1.82, 2.24) is 0 Å². The third kappa shape index (κ3) is 1.84. The van der Waals surface area contributed by atoms with Crippen LogP contribution in [0.4, 0.5) is 5.69 Å². The van der Waals surface area contributed by atoms with E-state index in [4.69, 9.17) is 5.73 Å². The third-order valence-corrected chi connectivity index (χ3v) is 4.61. The lowest BCUT2D eigenvalue weighted by atomic mass is 9.97. The molecule has 3 heteroatoms. The number of nitrogens with zero attached hydrogens (tertiary/aromatic N) is 1. The fourth-order valence-corrected chi connectivity index (χ4v) is 3.61. The summed E-state index contributed by atoms with van der Waals surface area (Å²) < 4.78 is 1.31. The number of rotatable bonds is 1. The van der Waals surface area contributed by atoms with Gasteiger partial charge in [-0.1, -0.05) is 0 Å². The number of fused-ring (bicyclic) bond motifs is 2. The largest absolute Gasteiger partial charge is 0.365 e. The van der Waals surface area contributed by atoms with Gasteiger partial charge in [0.25, 0.3) is 0 Å². The van der Waals surface area contributed by atoms with Gasteiger partial charge < -0.3 is 10.6 Å². The van der Waals surface area contributed by atoms with Crippen molar-refractivity contribution in [2.24, 2.45) is 5.73 Å². The molecular weight excluding hydrogens is 311 g/mol. The molecule has 2 nitrogen and oxygen atoms in total. The van der Waals surface area contributed by atoms with Crippen LogP contribution in [-0.2, 0) is 0 Å². The van der Waals surface area contributed by atoms with Gasteiger partial charge in [0.2, 0.25) is 0 Å². The Morgan fingerprint density at radius 1 is 1.06 bits per heavy atom. The summed E-state index contributed by atoms with van der Waals surface area (Å²) in [6.07, 6.45) is 4.99. The predicted octanol–water partition coefficient (Wildman–Crippen LogP) is 2.75. The molecule has 0 amide bonds. The second kappa shape index (κ2) is 4.18. The number of anilines is 1. The zero-order valence-corrected chi connectivity index (χ0v) is 11.4. The van der Waals surface area contributed by atoms with Crippen LogP contribution < -0.4 is 10.6 Å². The quantitative estimate of drug-likeness (QED) is 0.804. The highest BCUT2D eigenvalue weighted by molar-refractivity contribution is 14.1. The second-order valence-electron chi connectivity index (χ2n) is 5.00. The smallest absolute Gasteiger partial charge is 0.0371 e. The lowest BCUT2D eigenvalue weighted by molar-refractivity contribution is 0.414. The number of benzene rings is 1. The van der Waals surface area contributed by atoms with Crippen LogP contribution in [0.2, 0.25) is 0 Å². The minimum atomic E-state index is 0.428. The van der Waals surface area contributed by atoms with Crippen LogP contribution in [0.25, 0.3) is 0 Å². The zero-order valence-electron chi connectivity index (χ0n) is 9.27. The molecule has 0 radical (unpaired) electrons.